The van der Waals surface area contributed by atoms with Crippen LogP contribution in [0.15, 0.2) is 30.3 Å². The molecule has 1 aliphatic heterocycles. The summed E-state index contributed by atoms with van der Waals surface area (Å²) in [7, 11) is 0. The molecule has 1 amide bonds. The third kappa shape index (κ3) is 3.53. The topological polar surface area (TPSA) is 86.8 Å². The number of hydrogen-bond acceptors (Lipinski definition) is 4. The summed E-state index contributed by atoms with van der Waals surface area (Å²) < 4.78 is 0. The van der Waals surface area contributed by atoms with Gasteiger partial charge >= 0.3 is 0 Å². The SMILES string of the molecule is NC(CCC(=O)N1C[C@@H](O)[C@@H](O)C1)c1ccccc1. The number of amides is 1. The minimum Gasteiger partial charge on any atom is -0.388 e. The van der Waals surface area contributed by atoms with Crippen molar-refractivity contribution in [1.82, 2.24) is 4.90 Å². The predicted molar refractivity (Wildman–Crippen MR) is 71.2 cm³/mol. The fraction of sp³-hybridized carbons (Fsp3) is 0.500. The summed E-state index contributed by atoms with van der Waals surface area (Å²) in [5, 5.41) is 18.8. The lowest BCUT2D eigenvalue weighted by Crippen LogP contribution is -2.30. The van der Waals surface area contributed by atoms with Gasteiger partial charge in [0.05, 0.1) is 12.2 Å². The monoisotopic (exact) mass is 264 g/mol. The Kier molecular flexibility index (Phi) is 4.52. The Morgan fingerprint density at radius 2 is 1.84 bits per heavy atom. The number of rotatable bonds is 4. The second-order valence-corrected chi connectivity index (χ2v) is 4.99. The number of nitrogens with zero attached hydrogens (tertiary/aromatic N) is 1. The van der Waals surface area contributed by atoms with E-state index < -0.39 is 12.2 Å². The number of β-amino-alcohol motifs (C(OH)–C–C–N with tert-alkyl or cyclic N) is 2. The van der Waals surface area contributed by atoms with Gasteiger partial charge in [-0.3, -0.25) is 4.79 Å². The summed E-state index contributed by atoms with van der Waals surface area (Å²) >= 11 is 0. The Bertz CT molecular complexity index is 414. The molecule has 19 heavy (non-hydrogen) atoms. The van der Waals surface area contributed by atoms with Gasteiger partial charge in [0.1, 0.15) is 0 Å². The van der Waals surface area contributed by atoms with Crippen molar-refractivity contribution in [3.8, 4) is 0 Å². The van der Waals surface area contributed by atoms with E-state index in [1.165, 1.54) is 4.90 Å². The molecule has 1 aliphatic rings. The molecule has 0 radical (unpaired) electrons. The molecule has 2 rings (SSSR count). The van der Waals surface area contributed by atoms with E-state index in [0.29, 0.717) is 12.8 Å². The second-order valence-electron chi connectivity index (χ2n) is 4.99. The van der Waals surface area contributed by atoms with Crippen molar-refractivity contribution < 1.29 is 15.0 Å². The molecule has 1 aromatic carbocycles. The second kappa shape index (κ2) is 6.14. The van der Waals surface area contributed by atoms with Crippen molar-refractivity contribution in [2.24, 2.45) is 5.73 Å². The zero-order chi connectivity index (χ0) is 13.8. The number of carbonyl (C=O) groups excluding carboxylic acids is 1. The molecule has 1 heterocycles. The van der Waals surface area contributed by atoms with Crippen molar-refractivity contribution in [2.75, 3.05) is 13.1 Å². The van der Waals surface area contributed by atoms with Gasteiger partial charge in [-0.2, -0.15) is 0 Å². The largest absolute Gasteiger partial charge is 0.388 e. The first-order valence-electron chi connectivity index (χ1n) is 6.52. The summed E-state index contributed by atoms with van der Waals surface area (Å²) in [4.78, 5) is 13.4. The molecule has 0 spiro atoms. The summed E-state index contributed by atoms with van der Waals surface area (Å²) in [6.45, 7) is 0.418. The van der Waals surface area contributed by atoms with Crippen LogP contribution < -0.4 is 5.73 Å². The first-order chi connectivity index (χ1) is 9.08. The Morgan fingerprint density at radius 3 is 2.42 bits per heavy atom. The van der Waals surface area contributed by atoms with Crippen LogP contribution >= 0.6 is 0 Å². The van der Waals surface area contributed by atoms with Crippen molar-refractivity contribution in [3.05, 3.63) is 35.9 Å². The first kappa shape index (κ1) is 14.0. The number of nitrogens with two attached hydrogens (primary N) is 1. The highest BCUT2D eigenvalue weighted by molar-refractivity contribution is 5.76. The predicted octanol–water partition coefficient (Wildman–Crippen LogP) is 0.0306. The van der Waals surface area contributed by atoms with Crippen LogP contribution in [0.3, 0.4) is 0 Å². The highest BCUT2D eigenvalue weighted by Crippen LogP contribution is 2.17. The Labute approximate surface area is 112 Å². The van der Waals surface area contributed by atoms with Gasteiger partial charge in [-0.15, -0.1) is 0 Å². The molecule has 3 atom stereocenters. The molecule has 5 nitrogen and oxygen atoms in total. The maximum Gasteiger partial charge on any atom is 0.222 e. The molecule has 5 heteroatoms. The summed E-state index contributed by atoms with van der Waals surface area (Å²) in [5.41, 5.74) is 7.04. The molecule has 104 valence electrons. The highest BCUT2D eigenvalue weighted by atomic mass is 16.3. The molecular formula is C14H20N2O3. The fourth-order valence-corrected chi connectivity index (χ4v) is 2.28. The quantitative estimate of drug-likeness (QED) is 0.716. The average molecular weight is 264 g/mol. The van der Waals surface area contributed by atoms with Crippen LogP contribution in [0, 0.1) is 0 Å². The smallest absolute Gasteiger partial charge is 0.222 e. The number of aliphatic hydroxyl groups excluding tert-OH is 2. The van der Waals surface area contributed by atoms with Gasteiger partial charge in [-0.05, 0) is 12.0 Å². The summed E-state index contributed by atoms with van der Waals surface area (Å²) in [6.07, 6.45) is -0.764. The van der Waals surface area contributed by atoms with Crippen LogP contribution in [-0.4, -0.2) is 46.3 Å². The van der Waals surface area contributed by atoms with E-state index in [1.807, 2.05) is 30.3 Å². The van der Waals surface area contributed by atoms with Gasteiger partial charge in [0.25, 0.3) is 0 Å². The molecule has 0 bridgehead atoms. The summed E-state index contributed by atoms with van der Waals surface area (Å²) in [6, 6.07) is 9.49. The molecule has 1 aromatic rings. The lowest BCUT2D eigenvalue weighted by atomic mass is 10.0. The number of aliphatic hydroxyl groups is 2. The van der Waals surface area contributed by atoms with Crippen molar-refractivity contribution >= 4 is 5.91 Å². The highest BCUT2D eigenvalue weighted by Gasteiger charge is 2.32. The number of likely N-dealkylation sites (tertiary alicyclic amines) is 1. The van der Waals surface area contributed by atoms with Gasteiger partial charge < -0.3 is 20.8 Å². The fourth-order valence-electron chi connectivity index (χ4n) is 2.28. The molecule has 0 aliphatic carbocycles. The van der Waals surface area contributed by atoms with Crippen LogP contribution in [0.4, 0.5) is 0 Å². The third-order valence-corrected chi connectivity index (χ3v) is 3.51. The first-order valence-corrected chi connectivity index (χ1v) is 6.52. The Hall–Kier alpha value is -1.43. The molecular weight excluding hydrogens is 244 g/mol. The standard InChI is InChI=1S/C14H20N2O3/c15-11(10-4-2-1-3-5-10)6-7-14(19)16-8-12(17)13(18)9-16/h1-5,11-13,17-18H,6-9,15H2/t11?,12-,13+. The minimum atomic E-state index is -0.827. The van der Waals surface area contributed by atoms with Crippen molar-refractivity contribution in [2.45, 2.75) is 31.1 Å². The maximum absolute atomic E-state index is 11.9. The average Bonchev–Trinajstić information content (AvgIpc) is 2.77. The van der Waals surface area contributed by atoms with E-state index in [-0.39, 0.29) is 25.0 Å². The maximum atomic E-state index is 11.9. The van der Waals surface area contributed by atoms with Gasteiger partial charge in [0.15, 0.2) is 0 Å². The molecule has 0 aromatic heterocycles. The Morgan fingerprint density at radius 1 is 1.26 bits per heavy atom. The van der Waals surface area contributed by atoms with Gasteiger partial charge in [-0.25, -0.2) is 0 Å². The molecule has 4 N–H and O–H groups in total. The van der Waals surface area contributed by atoms with Gasteiger partial charge in [-0.1, -0.05) is 30.3 Å². The Balaban J connectivity index is 1.81. The van der Waals surface area contributed by atoms with E-state index in [2.05, 4.69) is 0 Å². The third-order valence-electron chi connectivity index (χ3n) is 3.51. The van der Waals surface area contributed by atoms with Crippen LogP contribution in [0.2, 0.25) is 0 Å². The van der Waals surface area contributed by atoms with Crippen molar-refractivity contribution in [3.63, 3.8) is 0 Å². The van der Waals surface area contributed by atoms with E-state index in [9.17, 15) is 15.0 Å². The summed E-state index contributed by atoms with van der Waals surface area (Å²) in [5.74, 6) is -0.0676. The zero-order valence-corrected chi connectivity index (χ0v) is 10.8. The molecule has 1 fully saturated rings. The number of hydrogen-bond donors (Lipinski definition) is 3. The van der Waals surface area contributed by atoms with Crippen LogP contribution in [0.1, 0.15) is 24.4 Å². The van der Waals surface area contributed by atoms with Gasteiger partial charge in [0.2, 0.25) is 5.91 Å². The van der Waals surface area contributed by atoms with Gasteiger partial charge in [0, 0.05) is 25.6 Å². The van der Waals surface area contributed by atoms with Crippen molar-refractivity contribution in [1.29, 1.82) is 0 Å². The van der Waals surface area contributed by atoms with Crippen LogP contribution in [0.25, 0.3) is 0 Å². The number of carbonyl (C=O) groups is 1. The van der Waals surface area contributed by atoms with E-state index in [1.54, 1.807) is 0 Å². The molecule has 0 saturated carbocycles. The minimum absolute atomic E-state index is 0.0676. The van der Waals surface area contributed by atoms with E-state index in [0.717, 1.165) is 5.56 Å². The number of benzene rings is 1. The molecule has 1 unspecified atom stereocenters. The van der Waals surface area contributed by atoms with E-state index >= 15 is 0 Å². The lowest BCUT2D eigenvalue weighted by Gasteiger charge is -2.17. The normalized spacial score (nSPS) is 24.5. The van der Waals surface area contributed by atoms with Crippen LogP contribution in [0.5, 0.6) is 0 Å². The van der Waals surface area contributed by atoms with Crippen LogP contribution in [-0.2, 0) is 4.79 Å². The van der Waals surface area contributed by atoms with E-state index in [4.69, 9.17) is 5.73 Å². The lowest BCUT2D eigenvalue weighted by molar-refractivity contribution is -0.130. The molecule has 1 saturated heterocycles. The zero-order valence-electron chi connectivity index (χ0n) is 10.8.